The highest BCUT2D eigenvalue weighted by Gasteiger charge is 2.24. The van der Waals surface area contributed by atoms with Crippen LogP contribution in [0, 0.1) is 18.4 Å². The number of fused-ring (bicyclic) bond motifs is 1. The summed E-state index contributed by atoms with van der Waals surface area (Å²) in [5, 5.41) is 16.7. The molecule has 2 heterocycles. The second-order valence-electron chi connectivity index (χ2n) is 7.87. The number of aromatic nitrogens is 2. The Hall–Kier alpha value is -3.81. The lowest BCUT2D eigenvalue weighted by Gasteiger charge is -2.34. The monoisotopic (exact) mass is 495 g/mol. The molecule has 4 rings (SSSR count). The molecule has 2 N–H and O–H groups in total. The number of anilines is 2. The topological polar surface area (TPSA) is 117 Å². The van der Waals surface area contributed by atoms with E-state index in [1.54, 1.807) is 14.2 Å². The molecule has 1 saturated heterocycles. The third-order valence-electron chi connectivity index (χ3n) is 5.58. The predicted octanol–water partition coefficient (Wildman–Crippen LogP) is 3.48. The third-order valence-corrected chi connectivity index (χ3v) is 6.01. The van der Waals surface area contributed by atoms with Crippen LogP contribution in [0.2, 0.25) is 5.02 Å². The molecule has 1 aliphatic heterocycles. The van der Waals surface area contributed by atoms with Crippen molar-refractivity contribution in [3.63, 3.8) is 0 Å². The van der Waals surface area contributed by atoms with Crippen LogP contribution in [0.4, 0.5) is 11.5 Å². The summed E-state index contributed by atoms with van der Waals surface area (Å²) in [6.45, 7) is 3.91. The van der Waals surface area contributed by atoms with E-state index in [-0.39, 0.29) is 6.10 Å². The number of aliphatic imine (C=N–C) groups is 1. The molecule has 0 bridgehead atoms. The van der Waals surface area contributed by atoms with Crippen LogP contribution < -0.4 is 20.1 Å². The number of nitrogens with one attached hydrogen (secondary N) is 2. The Bertz CT molecular complexity index is 1280. The number of morpholine rings is 1. The van der Waals surface area contributed by atoms with Gasteiger partial charge in [0.25, 0.3) is 0 Å². The molecular formula is C24H26ClN7O3. The van der Waals surface area contributed by atoms with Gasteiger partial charge in [-0.2, -0.15) is 5.26 Å². The number of hydrogen-bond acceptors (Lipinski definition) is 8. The van der Waals surface area contributed by atoms with E-state index in [1.165, 1.54) is 6.33 Å². The quantitative estimate of drug-likeness (QED) is 0.301. The van der Waals surface area contributed by atoms with E-state index in [0.717, 1.165) is 16.6 Å². The maximum atomic E-state index is 8.89. The fourth-order valence-corrected chi connectivity index (χ4v) is 3.94. The van der Waals surface area contributed by atoms with Crippen molar-refractivity contribution in [2.45, 2.75) is 13.0 Å². The van der Waals surface area contributed by atoms with Gasteiger partial charge in [0.2, 0.25) is 12.2 Å². The van der Waals surface area contributed by atoms with Gasteiger partial charge in [-0.15, -0.1) is 4.99 Å². The zero-order valence-electron chi connectivity index (χ0n) is 19.7. The first-order valence-corrected chi connectivity index (χ1v) is 11.4. The number of nitrogens with zero attached hydrogens (tertiary/aromatic N) is 5. The fraction of sp³-hybridized carbons (Fsp3) is 0.333. The van der Waals surface area contributed by atoms with Crippen LogP contribution in [0.15, 0.2) is 41.7 Å². The van der Waals surface area contributed by atoms with Gasteiger partial charge in [0.15, 0.2) is 11.5 Å². The highest BCUT2D eigenvalue weighted by molar-refractivity contribution is 6.31. The molecule has 1 atom stereocenters. The number of halogens is 1. The summed E-state index contributed by atoms with van der Waals surface area (Å²) in [7, 11) is 3.32. The molecule has 10 nitrogen and oxygen atoms in total. The summed E-state index contributed by atoms with van der Waals surface area (Å²) in [5.74, 6) is 2.26. The van der Waals surface area contributed by atoms with E-state index >= 15 is 0 Å². The smallest absolute Gasteiger partial charge is 0.209 e. The fourth-order valence-electron chi connectivity index (χ4n) is 3.82. The Morgan fingerprint density at radius 1 is 1.31 bits per heavy atom. The molecule has 0 amide bonds. The number of ether oxygens (including phenoxy) is 3. The standard InChI is InChI=1S/C24H26ClN7O3/c1-15-8-16(4-5-19(15)25)31-23-18-9-21(33-3)22(10-20(18)29-14-30-23)35-12-17-11-32(6-7-34-17)24(27-2)28-13-26/h4-5,8-10,14,17H,6-7,11-12H2,1-3H3,(H,27,28)(H,29,30,31). The van der Waals surface area contributed by atoms with Crippen LogP contribution in [-0.2, 0) is 4.74 Å². The molecule has 3 aromatic rings. The van der Waals surface area contributed by atoms with Crippen molar-refractivity contribution in [2.75, 3.05) is 45.8 Å². The Morgan fingerprint density at radius 2 is 2.17 bits per heavy atom. The summed E-state index contributed by atoms with van der Waals surface area (Å²) in [6.07, 6.45) is 3.11. The van der Waals surface area contributed by atoms with Gasteiger partial charge in [0.1, 0.15) is 24.9 Å². The van der Waals surface area contributed by atoms with Crippen molar-refractivity contribution < 1.29 is 14.2 Å². The van der Waals surface area contributed by atoms with Crippen LogP contribution in [0.3, 0.4) is 0 Å². The molecule has 1 aromatic heterocycles. The van der Waals surface area contributed by atoms with Crippen LogP contribution in [0.1, 0.15) is 5.56 Å². The summed E-state index contributed by atoms with van der Waals surface area (Å²) in [6, 6.07) is 9.37. The Labute approximate surface area is 208 Å². The lowest BCUT2D eigenvalue weighted by Crippen LogP contribution is -2.51. The molecule has 0 saturated carbocycles. The lowest BCUT2D eigenvalue weighted by molar-refractivity contribution is -0.0296. The van der Waals surface area contributed by atoms with Gasteiger partial charge in [-0.3, -0.25) is 0 Å². The van der Waals surface area contributed by atoms with Gasteiger partial charge < -0.3 is 29.7 Å². The Morgan fingerprint density at radius 3 is 2.91 bits per heavy atom. The van der Waals surface area contributed by atoms with Crippen molar-refractivity contribution in [3.8, 4) is 17.7 Å². The van der Waals surface area contributed by atoms with Gasteiger partial charge in [-0.05, 0) is 36.8 Å². The molecule has 11 heteroatoms. The van der Waals surface area contributed by atoms with Gasteiger partial charge in [-0.25, -0.2) is 9.97 Å². The predicted molar refractivity (Wildman–Crippen MR) is 134 cm³/mol. The van der Waals surface area contributed by atoms with Crippen molar-refractivity contribution in [2.24, 2.45) is 4.99 Å². The average molecular weight is 496 g/mol. The summed E-state index contributed by atoms with van der Waals surface area (Å²) >= 11 is 6.15. The maximum Gasteiger partial charge on any atom is 0.209 e. The van der Waals surface area contributed by atoms with Crippen LogP contribution in [0.5, 0.6) is 11.5 Å². The van der Waals surface area contributed by atoms with E-state index in [1.807, 2.05) is 48.3 Å². The molecule has 182 valence electrons. The third kappa shape index (κ3) is 5.65. The minimum absolute atomic E-state index is 0.211. The molecule has 0 spiro atoms. The molecule has 35 heavy (non-hydrogen) atoms. The number of nitriles is 1. The number of aryl methyl sites for hydroxylation is 1. The zero-order valence-corrected chi connectivity index (χ0v) is 20.5. The van der Waals surface area contributed by atoms with E-state index < -0.39 is 0 Å². The molecule has 1 aliphatic rings. The van der Waals surface area contributed by atoms with E-state index in [2.05, 4.69) is 25.6 Å². The largest absolute Gasteiger partial charge is 0.493 e. The summed E-state index contributed by atoms with van der Waals surface area (Å²) < 4.78 is 17.5. The van der Waals surface area contributed by atoms with Crippen LogP contribution >= 0.6 is 11.6 Å². The van der Waals surface area contributed by atoms with Crippen LogP contribution in [0.25, 0.3) is 10.9 Å². The van der Waals surface area contributed by atoms with Crippen molar-refractivity contribution in [3.05, 3.63) is 47.2 Å². The Balaban J connectivity index is 1.52. The van der Waals surface area contributed by atoms with Crippen molar-refractivity contribution in [1.82, 2.24) is 20.2 Å². The number of rotatable bonds is 6. The number of guanidine groups is 1. The highest BCUT2D eigenvalue weighted by atomic mass is 35.5. The molecule has 1 unspecified atom stereocenters. The first-order valence-electron chi connectivity index (χ1n) is 11.0. The van der Waals surface area contributed by atoms with E-state index in [0.29, 0.717) is 60.1 Å². The first-order chi connectivity index (χ1) is 17.0. The normalized spacial score (nSPS) is 16.0. The molecular weight excluding hydrogens is 470 g/mol. The first kappa shape index (κ1) is 24.3. The number of methoxy groups -OCH3 is 1. The van der Waals surface area contributed by atoms with Gasteiger partial charge in [0.05, 0.1) is 25.8 Å². The number of hydrogen-bond donors (Lipinski definition) is 2. The molecule has 0 aliphatic carbocycles. The second kappa shape index (κ2) is 11.1. The second-order valence-corrected chi connectivity index (χ2v) is 8.27. The van der Waals surface area contributed by atoms with Crippen LogP contribution in [-0.4, -0.2) is 67.4 Å². The summed E-state index contributed by atoms with van der Waals surface area (Å²) in [5.41, 5.74) is 2.53. The maximum absolute atomic E-state index is 8.89. The van der Waals surface area contributed by atoms with Gasteiger partial charge in [0, 0.05) is 35.8 Å². The highest BCUT2D eigenvalue weighted by Crippen LogP contribution is 2.35. The van der Waals surface area contributed by atoms with Crippen molar-refractivity contribution in [1.29, 1.82) is 5.26 Å². The minimum atomic E-state index is -0.211. The SMILES string of the molecule is CNC(=NC#N)N1CCOC(COc2cc3ncnc(Nc4ccc(Cl)c(C)c4)c3cc2OC)C1. The van der Waals surface area contributed by atoms with E-state index in [9.17, 15) is 0 Å². The minimum Gasteiger partial charge on any atom is -0.493 e. The Kier molecular flexibility index (Phi) is 7.70. The lowest BCUT2D eigenvalue weighted by atomic mass is 10.2. The zero-order chi connectivity index (χ0) is 24.8. The van der Waals surface area contributed by atoms with E-state index in [4.69, 9.17) is 31.1 Å². The number of benzene rings is 2. The van der Waals surface area contributed by atoms with Gasteiger partial charge in [-0.1, -0.05) is 11.6 Å². The molecule has 2 aromatic carbocycles. The van der Waals surface area contributed by atoms with Crippen molar-refractivity contribution >= 4 is 40.0 Å². The average Bonchev–Trinajstić information content (AvgIpc) is 2.88. The van der Waals surface area contributed by atoms with Gasteiger partial charge >= 0.3 is 0 Å². The molecule has 1 fully saturated rings. The molecule has 0 radical (unpaired) electrons. The summed E-state index contributed by atoms with van der Waals surface area (Å²) in [4.78, 5) is 14.6.